The van der Waals surface area contributed by atoms with Gasteiger partial charge >= 0.3 is 0 Å². The van der Waals surface area contributed by atoms with E-state index in [0.29, 0.717) is 5.92 Å². The maximum absolute atomic E-state index is 2.53. The molecule has 0 atom stereocenters. The molecule has 2 aliphatic rings. The summed E-state index contributed by atoms with van der Waals surface area (Å²) in [6.07, 6.45) is 2.46. The molecule has 0 nitrogen and oxygen atoms in total. The van der Waals surface area contributed by atoms with Crippen LogP contribution in [0.1, 0.15) is 51.3 Å². The van der Waals surface area contributed by atoms with Crippen LogP contribution in [0.15, 0.2) is 42.0 Å². The van der Waals surface area contributed by atoms with Gasteiger partial charge in [-0.25, -0.2) is 0 Å². The molecule has 4 rings (SSSR count). The molecule has 0 saturated heterocycles. The molecule has 1 heteroatoms. The summed E-state index contributed by atoms with van der Waals surface area (Å²) < 4.78 is 0. The highest BCUT2D eigenvalue weighted by molar-refractivity contribution is 7.07. The van der Waals surface area contributed by atoms with Crippen molar-refractivity contribution in [3.05, 3.63) is 65.1 Å². The number of rotatable bonds is 2. The second-order valence-electron chi connectivity index (χ2n) is 9.53. The number of hydrogen-bond donors (Lipinski definition) is 0. The van der Waals surface area contributed by atoms with E-state index in [-0.39, 0.29) is 5.41 Å². The van der Waals surface area contributed by atoms with Crippen molar-refractivity contribution >= 4 is 18.5 Å². The van der Waals surface area contributed by atoms with Crippen LogP contribution in [0.5, 0.6) is 0 Å². The summed E-state index contributed by atoms with van der Waals surface area (Å²) >= 11 is 0. The Labute approximate surface area is 154 Å². The fourth-order valence-corrected chi connectivity index (χ4v) is 8.25. The first-order chi connectivity index (χ1) is 11.6. The van der Waals surface area contributed by atoms with E-state index in [1.807, 2.05) is 0 Å². The van der Waals surface area contributed by atoms with Crippen LogP contribution in [0.3, 0.4) is 0 Å². The van der Waals surface area contributed by atoms with Crippen molar-refractivity contribution < 1.29 is 0 Å². The molecule has 0 unspecified atom stereocenters. The summed E-state index contributed by atoms with van der Waals surface area (Å²) in [5.74, 6) is 0.602. The Morgan fingerprint density at radius 3 is 2.04 bits per heavy atom. The lowest BCUT2D eigenvalue weighted by atomic mass is 9.86. The smallest absolute Gasteiger partial charge is 0.0616 e. The monoisotopic (exact) mass is 345 g/mol. The third-order valence-electron chi connectivity index (χ3n) is 6.05. The van der Waals surface area contributed by atoms with E-state index in [0.717, 1.165) is 0 Å². The maximum Gasteiger partial charge on any atom is 0.113 e. The Balaban J connectivity index is 1.93. The molecule has 0 amide bonds. The third kappa shape index (κ3) is 2.32. The van der Waals surface area contributed by atoms with E-state index in [9.17, 15) is 0 Å². The molecule has 2 aromatic rings. The van der Waals surface area contributed by atoms with Crippen LogP contribution in [-0.2, 0) is 5.41 Å². The molecule has 1 heterocycles. The van der Waals surface area contributed by atoms with Crippen LogP contribution in [0, 0.1) is 12.3 Å². The molecule has 129 valence electrons. The lowest BCUT2D eigenvalue weighted by molar-refractivity contribution is 0.590. The highest BCUT2D eigenvalue weighted by Gasteiger charge is 2.45. The second kappa shape index (κ2) is 5.20. The van der Waals surface area contributed by atoms with E-state index in [4.69, 9.17) is 0 Å². The van der Waals surface area contributed by atoms with E-state index < -0.39 is 8.07 Å². The average molecular weight is 346 g/mol. The van der Waals surface area contributed by atoms with Gasteiger partial charge in [-0.05, 0) is 49.5 Å². The summed E-state index contributed by atoms with van der Waals surface area (Å²) in [7, 11) is -1.60. The molecular formula is C24H29Si. The van der Waals surface area contributed by atoms with Gasteiger partial charge in [-0.3, -0.25) is 0 Å². The normalized spacial score (nSPS) is 17.8. The van der Waals surface area contributed by atoms with Crippen molar-refractivity contribution in [3.8, 4) is 11.1 Å². The summed E-state index contributed by atoms with van der Waals surface area (Å²) in [4.78, 5) is 0. The van der Waals surface area contributed by atoms with Crippen molar-refractivity contribution in [2.75, 3.05) is 0 Å². The second-order valence-corrected chi connectivity index (χ2v) is 13.8. The van der Waals surface area contributed by atoms with Gasteiger partial charge in [-0.2, -0.15) is 0 Å². The first kappa shape index (κ1) is 16.8. The summed E-state index contributed by atoms with van der Waals surface area (Å²) in [6.45, 7) is 16.6. The molecule has 1 aliphatic carbocycles. The molecule has 0 fully saturated rings. The topological polar surface area (TPSA) is 0 Å². The Morgan fingerprint density at radius 1 is 0.840 bits per heavy atom. The van der Waals surface area contributed by atoms with E-state index in [1.165, 1.54) is 22.3 Å². The lowest BCUT2D eigenvalue weighted by Gasteiger charge is -2.23. The predicted octanol–water partition coefficient (Wildman–Crippen LogP) is 6.09. The Morgan fingerprint density at radius 2 is 1.48 bits per heavy atom. The zero-order valence-corrected chi connectivity index (χ0v) is 17.6. The van der Waals surface area contributed by atoms with Gasteiger partial charge in [0.25, 0.3) is 0 Å². The minimum absolute atomic E-state index is 0.206. The largest absolute Gasteiger partial charge is 0.113 e. The molecule has 1 aliphatic heterocycles. The number of allylic oxidation sites excluding steroid dienone is 1. The first-order valence-corrected chi connectivity index (χ1v) is 12.5. The average Bonchev–Trinajstić information content (AvgIpc) is 2.99. The fourth-order valence-electron chi connectivity index (χ4n) is 4.61. The van der Waals surface area contributed by atoms with Crippen molar-refractivity contribution in [2.45, 2.75) is 53.1 Å². The van der Waals surface area contributed by atoms with Crippen LogP contribution < -0.4 is 5.19 Å². The van der Waals surface area contributed by atoms with E-state index in [1.54, 1.807) is 21.5 Å². The molecule has 0 saturated carbocycles. The van der Waals surface area contributed by atoms with Crippen LogP contribution in [0.2, 0.25) is 13.1 Å². The maximum atomic E-state index is 2.53. The van der Waals surface area contributed by atoms with Crippen molar-refractivity contribution in [1.29, 1.82) is 0 Å². The highest BCUT2D eigenvalue weighted by atomic mass is 28.3. The minimum atomic E-state index is -1.60. The quantitative estimate of drug-likeness (QED) is 0.577. The molecule has 2 aromatic carbocycles. The van der Waals surface area contributed by atoms with Crippen LogP contribution >= 0.6 is 0 Å². The standard InChI is InChI=1S/C24H29Si/c1-15(2)19-14-17-10-13-20-21(22(17)23(19)25(20,6)7)16-8-11-18(12-9-16)24(3,4)5/h8-15H,1-7H3. The third-order valence-corrected chi connectivity index (χ3v) is 9.60. The van der Waals surface area contributed by atoms with E-state index >= 15 is 0 Å². The lowest BCUT2D eigenvalue weighted by Crippen LogP contribution is -2.39. The molecule has 0 aromatic heterocycles. The van der Waals surface area contributed by atoms with Gasteiger partial charge in [0.15, 0.2) is 0 Å². The minimum Gasteiger partial charge on any atom is -0.0616 e. The van der Waals surface area contributed by atoms with Crippen molar-refractivity contribution in [3.63, 3.8) is 0 Å². The summed E-state index contributed by atoms with van der Waals surface area (Å²) in [5, 5.41) is 3.32. The predicted molar refractivity (Wildman–Crippen MR) is 113 cm³/mol. The number of hydrogen-bond acceptors (Lipinski definition) is 0. The van der Waals surface area contributed by atoms with Gasteiger partial charge in [0.1, 0.15) is 8.07 Å². The molecule has 0 N–H and O–H groups in total. The summed E-state index contributed by atoms with van der Waals surface area (Å²) in [5.41, 5.74) is 9.12. The van der Waals surface area contributed by atoms with Gasteiger partial charge in [0, 0.05) is 6.42 Å². The van der Waals surface area contributed by atoms with Crippen molar-refractivity contribution in [1.82, 2.24) is 0 Å². The number of fused-ring (bicyclic) bond motifs is 1. The highest BCUT2D eigenvalue weighted by Crippen LogP contribution is 2.51. The van der Waals surface area contributed by atoms with E-state index in [2.05, 4.69) is 90.5 Å². The molecule has 0 spiro atoms. The molecular weight excluding hydrogens is 316 g/mol. The first-order valence-electron chi connectivity index (χ1n) is 9.50. The van der Waals surface area contributed by atoms with Gasteiger partial charge in [-0.15, -0.1) is 0 Å². The summed E-state index contributed by atoms with van der Waals surface area (Å²) in [6, 6.07) is 14.1. The van der Waals surface area contributed by atoms with Gasteiger partial charge < -0.3 is 0 Å². The Bertz CT molecular complexity index is 887. The van der Waals surface area contributed by atoms with Gasteiger partial charge in [-0.1, -0.05) is 89.7 Å². The fraction of sp³-hybridized carbons (Fsp3) is 0.375. The molecule has 25 heavy (non-hydrogen) atoms. The van der Waals surface area contributed by atoms with Crippen LogP contribution in [0.4, 0.5) is 0 Å². The van der Waals surface area contributed by atoms with Gasteiger partial charge in [0.2, 0.25) is 0 Å². The molecule has 2 bridgehead atoms. The van der Waals surface area contributed by atoms with Gasteiger partial charge in [0.05, 0.1) is 0 Å². The zero-order chi connectivity index (χ0) is 18.1. The molecule has 1 radical (unpaired) electrons. The van der Waals surface area contributed by atoms with Crippen molar-refractivity contribution in [2.24, 2.45) is 5.92 Å². The van der Waals surface area contributed by atoms with Crippen LogP contribution in [-0.4, -0.2) is 8.07 Å². The number of benzene rings is 2. The Hall–Kier alpha value is -1.60. The Kier molecular flexibility index (Phi) is 3.50. The zero-order valence-electron chi connectivity index (χ0n) is 16.6. The van der Waals surface area contributed by atoms with Crippen LogP contribution in [0.25, 0.3) is 16.3 Å². The SMILES string of the molecule is CC(C)C1=C2c3c(ccc(c3-c3ccc(C(C)(C)C)cc3)[Si]2(C)C)[CH]1.